The van der Waals surface area contributed by atoms with E-state index in [1.54, 1.807) is 32.4 Å². The molecule has 78 valence electrons. The van der Waals surface area contributed by atoms with Gasteiger partial charge < -0.3 is 20.3 Å². The van der Waals surface area contributed by atoms with Crippen molar-refractivity contribution >= 4 is 0 Å². The van der Waals surface area contributed by atoms with Gasteiger partial charge in [-0.1, -0.05) is 0 Å². The summed E-state index contributed by atoms with van der Waals surface area (Å²) in [6.07, 6.45) is 0. The zero-order valence-corrected chi connectivity index (χ0v) is 8.36. The smallest absolute Gasteiger partial charge is 0.120 e. The van der Waals surface area contributed by atoms with E-state index in [1.165, 1.54) is 0 Å². The number of hydrogen-bond donors (Lipinski definition) is 2. The number of ether oxygens (including phenoxy) is 2. The molecule has 0 radical (unpaired) electrons. The van der Waals surface area contributed by atoms with Crippen molar-refractivity contribution in [2.24, 2.45) is 5.73 Å². The molecule has 1 rings (SSSR count). The molecule has 1 atom stereocenters. The zero-order chi connectivity index (χ0) is 10.6. The predicted molar refractivity (Wildman–Crippen MR) is 53.5 cm³/mol. The molecule has 0 aliphatic rings. The van der Waals surface area contributed by atoms with Crippen LogP contribution in [-0.2, 0) is 4.74 Å². The summed E-state index contributed by atoms with van der Waals surface area (Å²) in [7, 11) is 3.13. The molecule has 0 aliphatic heterocycles. The largest absolute Gasteiger partial charge is 0.508 e. The van der Waals surface area contributed by atoms with Crippen LogP contribution in [0, 0.1) is 0 Å². The van der Waals surface area contributed by atoms with Crippen molar-refractivity contribution in [1.29, 1.82) is 0 Å². The Morgan fingerprint density at radius 3 is 2.71 bits per heavy atom. The third-order valence-electron chi connectivity index (χ3n) is 1.98. The third-order valence-corrected chi connectivity index (χ3v) is 1.98. The Kier molecular flexibility index (Phi) is 3.73. The molecule has 0 bridgehead atoms. The lowest BCUT2D eigenvalue weighted by atomic mass is 10.1. The number of aromatic hydroxyl groups is 1. The average molecular weight is 197 g/mol. The first-order valence-electron chi connectivity index (χ1n) is 4.30. The maximum Gasteiger partial charge on any atom is 0.120 e. The molecule has 0 fully saturated rings. The van der Waals surface area contributed by atoms with Crippen molar-refractivity contribution in [3.8, 4) is 11.5 Å². The number of phenols is 1. The van der Waals surface area contributed by atoms with Crippen LogP contribution < -0.4 is 10.5 Å². The topological polar surface area (TPSA) is 64.7 Å². The van der Waals surface area contributed by atoms with Crippen LogP contribution in [0.25, 0.3) is 0 Å². The van der Waals surface area contributed by atoms with Crippen LogP contribution in [0.15, 0.2) is 18.2 Å². The van der Waals surface area contributed by atoms with Gasteiger partial charge in [0.15, 0.2) is 0 Å². The van der Waals surface area contributed by atoms with Crippen molar-refractivity contribution in [3.05, 3.63) is 23.8 Å². The highest BCUT2D eigenvalue weighted by molar-refractivity contribution is 5.41. The molecule has 3 N–H and O–H groups in total. The van der Waals surface area contributed by atoms with Crippen molar-refractivity contribution in [3.63, 3.8) is 0 Å². The lowest BCUT2D eigenvalue weighted by molar-refractivity contribution is 0.179. The minimum absolute atomic E-state index is 0.162. The van der Waals surface area contributed by atoms with Gasteiger partial charge in [0.05, 0.1) is 19.8 Å². The van der Waals surface area contributed by atoms with Crippen molar-refractivity contribution in [2.75, 3.05) is 20.8 Å². The second-order valence-corrected chi connectivity index (χ2v) is 2.99. The highest BCUT2D eigenvalue weighted by Crippen LogP contribution is 2.27. The highest BCUT2D eigenvalue weighted by atomic mass is 16.5. The van der Waals surface area contributed by atoms with E-state index in [9.17, 15) is 5.11 Å². The number of phenolic OH excluding ortho intramolecular Hbond substituents is 1. The van der Waals surface area contributed by atoms with E-state index < -0.39 is 0 Å². The average Bonchev–Trinajstić information content (AvgIpc) is 2.19. The molecule has 0 heterocycles. The Balaban J connectivity index is 2.93. The molecule has 0 saturated carbocycles. The Bertz CT molecular complexity index is 301. The molecule has 0 spiro atoms. The molecule has 14 heavy (non-hydrogen) atoms. The Morgan fingerprint density at radius 2 is 2.14 bits per heavy atom. The summed E-state index contributed by atoms with van der Waals surface area (Å²) in [5.41, 5.74) is 6.42. The van der Waals surface area contributed by atoms with Gasteiger partial charge in [0, 0.05) is 12.7 Å². The fourth-order valence-corrected chi connectivity index (χ4v) is 1.23. The van der Waals surface area contributed by atoms with E-state index in [1.807, 2.05) is 0 Å². The molecular formula is C10H15NO3. The maximum absolute atomic E-state index is 9.54. The number of rotatable bonds is 4. The molecule has 1 aromatic rings. The standard InChI is InChI=1S/C10H15NO3/c1-13-6-9(11)8-5-7(14-2)3-4-10(8)12/h3-5,9,12H,6,11H2,1-2H3/t9-/m0/s1. The monoisotopic (exact) mass is 197 g/mol. The number of benzene rings is 1. The van der Waals surface area contributed by atoms with Gasteiger partial charge in [-0.2, -0.15) is 0 Å². The summed E-state index contributed by atoms with van der Waals surface area (Å²) in [5, 5.41) is 9.54. The second kappa shape index (κ2) is 4.83. The van der Waals surface area contributed by atoms with Crippen molar-refractivity contribution in [2.45, 2.75) is 6.04 Å². The van der Waals surface area contributed by atoms with Gasteiger partial charge in [-0.25, -0.2) is 0 Å². The minimum atomic E-state index is -0.338. The molecule has 4 heteroatoms. The van der Waals surface area contributed by atoms with Crippen LogP contribution in [0.2, 0.25) is 0 Å². The van der Waals surface area contributed by atoms with Crippen LogP contribution in [-0.4, -0.2) is 25.9 Å². The van der Waals surface area contributed by atoms with Crippen LogP contribution in [0.1, 0.15) is 11.6 Å². The summed E-state index contributed by atoms with van der Waals surface area (Å²) >= 11 is 0. The summed E-state index contributed by atoms with van der Waals surface area (Å²) in [6, 6.07) is 4.61. The van der Waals surface area contributed by atoms with Gasteiger partial charge in [0.2, 0.25) is 0 Å². The minimum Gasteiger partial charge on any atom is -0.508 e. The van der Waals surface area contributed by atoms with Gasteiger partial charge >= 0.3 is 0 Å². The SMILES string of the molecule is COC[C@H](N)c1cc(OC)ccc1O. The molecule has 0 amide bonds. The summed E-state index contributed by atoms with van der Waals surface area (Å²) in [6.45, 7) is 0.362. The van der Waals surface area contributed by atoms with Crippen molar-refractivity contribution in [1.82, 2.24) is 0 Å². The molecule has 0 saturated heterocycles. The fraction of sp³-hybridized carbons (Fsp3) is 0.400. The van der Waals surface area contributed by atoms with Gasteiger partial charge in [-0.15, -0.1) is 0 Å². The fourth-order valence-electron chi connectivity index (χ4n) is 1.23. The van der Waals surface area contributed by atoms with E-state index >= 15 is 0 Å². The quantitative estimate of drug-likeness (QED) is 0.757. The Morgan fingerprint density at radius 1 is 1.43 bits per heavy atom. The lowest BCUT2D eigenvalue weighted by Crippen LogP contribution is -2.16. The van der Waals surface area contributed by atoms with E-state index in [2.05, 4.69) is 0 Å². The molecule has 0 aromatic heterocycles. The molecule has 1 aromatic carbocycles. The second-order valence-electron chi connectivity index (χ2n) is 2.99. The van der Waals surface area contributed by atoms with Crippen LogP contribution >= 0.6 is 0 Å². The summed E-state index contributed by atoms with van der Waals surface area (Å²) in [4.78, 5) is 0. The van der Waals surface area contributed by atoms with Gasteiger partial charge in [0.25, 0.3) is 0 Å². The zero-order valence-electron chi connectivity index (χ0n) is 8.36. The first-order chi connectivity index (χ1) is 6.69. The predicted octanol–water partition coefficient (Wildman–Crippen LogP) is 1.05. The number of methoxy groups -OCH3 is 2. The Hall–Kier alpha value is -1.26. The first kappa shape index (κ1) is 10.8. The van der Waals surface area contributed by atoms with Crippen LogP contribution in [0.4, 0.5) is 0 Å². The molecule has 4 nitrogen and oxygen atoms in total. The van der Waals surface area contributed by atoms with Gasteiger partial charge in [0.1, 0.15) is 11.5 Å². The summed E-state index contributed by atoms with van der Waals surface area (Å²) < 4.78 is 9.94. The van der Waals surface area contributed by atoms with E-state index in [4.69, 9.17) is 15.2 Å². The van der Waals surface area contributed by atoms with E-state index in [0.29, 0.717) is 17.9 Å². The van der Waals surface area contributed by atoms with Gasteiger partial charge in [-0.3, -0.25) is 0 Å². The van der Waals surface area contributed by atoms with Gasteiger partial charge in [-0.05, 0) is 18.2 Å². The number of nitrogens with two attached hydrogens (primary N) is 1. The van der Waals surface area contributed by atoms with Crippen LogP contribution in [0.5, 0.6) is 11.5 Å². The Labute approximate surface area is 83.3 Å². The van der Waals surface area contributed by atoms with E-state index in [0.717, 1.165) is 0 Å². The maximum atomic E-state index is 9.54. The van der Waals surface area contributed by atoms with Crippen molar-refractivity contribution < 1.29 is 14.6 Å². The van der Waals surface area contributed by atoms with E-state index in [-0.39, 0.29) is 11.8 Å². The normalized spacial score (nSPS) is 12.5. The first-order valence-corrected chi connectivity index (χ1v) is 4.30. The molecule has 0 aliphatic carbocycles. The molecule has 0 unspecified atom stereocenters. The molecular weight excluding hydrogens is 182 g/mol. The number of hydrogen-bond acceptors (Lipinski definition) is 4. The van der Waals surface area contributed by atoms with Crippen LogP contribution in [0.3, 0.4) is 0 Å². The highest BCUT2D eigenvalue weighted by Gasteiger charge is 2.11. The third kappa shape index (κ3) is 2.37. The summed E-state index contributed by atoms with van der Waals surface area (Å²) in [5.74, 6) is 0.833. The lowest BCUT2D eigenvalue weighted by Gasteiger charge is -2.13.